The van der Waals surface area contributed by atoms with Gasteiger partial charge in [-0.25, -0.2) is 4.68 Å². The van der Waals surface area contributed by atoms with Crippen LogP contribution in [0.15, 0.2) is 30.5 Å². The van der Waals surface area contributed by atoms with Crippen LogP contribution in [0.25, 0.3) is 0 Å². The van der Waals surface area contributed by atoms with E-state index >= 15 is 0 Å². The fourth-order valence-electron chi connectivity index (χ4n) is 2.13. The average molecular weight is 386 g/mol. The van der Waals surface area contributed by atoms with Crippen LogP contribution in [0.1, 0.15) is 19.4 Å². The van der Waals surface area contributed by atoms with E-state index in [2.05, 4.69) is 10.4 Å². The first-order valence-corrected chi connectivity index (χ1v) is 8.73. The van der Waals surface area contributed by atoms with Crippen molar-refractivity contribution < 1.29 is 14.3 Å². The minimum atomic E-state index is -0.599. The van der Waals surface area contributed by atoms with Crippen LogP contribution in [0.5, 0.6) is 0 Å². The molecule has 1 heterocycles. The Kier molecular flexibility index (Phi) is 7.71. The molecule has 2 rings (SSSR count). The number of aromatic nitrogens is 2. The lowest BCUT2D eigenvalue weighted by Gasteiger charge is -2.15. The molecule has 0 aliphatic rings. The SMILES string of the molecule is CCOCCOC(C)C(=O)Nc1ccnn1Cc1cccc(Cl)c1Cl. The number of carbonyl (C=O) groups excluding carboxylic acids is 1. The molecule has 1 N–H and O–H groups in total. The third kappa shape index (κ3) is 5.71. The first kappa shape index (κ1) is 19.7. The number of hydrogen-bond donors (Lipinski definition) is 1. The Morgan fingerprint density at radius 3 is 2.88 bits per heavy atom. The van der Waals surface area contributed by atoms with Crippen molar-refractivity contribution in [2.45, 2.75) is 26.5 Å². The van der Waals surface area contributed by atoms with Crippen LogP contribution in [-0.4, -0.2) is 41.6 Å². The van der Waals surface area contributed by atoms with E-state index in [9.17, 15) is 4.79 Å². The summed E-state index contributed by atoms with van der Waals surface area (Å²) in [5, 5.41) is 7.98. The summed E-state index contributed by atoms with van der Waals surface area (Å²) in [6.45, 7) is 5.43. The maximum atomic E-state index is 12.2. The molecule has 2 aromatic rings. The number of benzene rings is 1. The fourth-order valence-corrected chi connectivity index (χ4v) is 2.51. The van der Waals surface area contributed by atoms with Crippen molar-refractivity contribution in [2.75, 3.05) is 25.1 Å². The molecule has 8 heteroatoms. The standard InChI is InChI=1S/C17H21Cl2N3O3/c1-3-24-9-10-25-12(2)17(23)21-15-7-8-20-22(15)11-13-5-4-6-14(18)16(13)19/h4-8,12H,3,9-11H2,1-2H3,(H,21,23). The predicted molar refractivity (Wildman–Crippen MR) is 98.3 cm³/mol. The summed E-state index contributed by atoms with van der Waals surface area (Å²) in [6.07, 6.45) is 1.01. The van der Waals surface area contributed by atoms with Gasteiger partial charge in [0.05, 0.1) is 36.0 Å². The summed E-state index contributed by atoms with van der Waals surface area (Å²) in [5.41, 5.74) is 0.814. The van der Waals surface area contributed by atoms with Gasteiger partial charge in [0.1, 0.15) is 11.9 Å². The Bertz CT molecular complexity index is 706. The quantitative estimate of drug-likeness (QED) is 0.669. The lowest BCUT2D eigenvalue weighted by atomic mass is 10.2. The van der Waals surface area contributed by atoms with Gasteiger partial charge < -0.3 is 14.8 Å². The molecule has 0 fully saturated rings. The van der Waals surface area contributed by atoms with Crippen molar-refractivity contribution in [3.05, 3.63) is 46.1 Å². The molecule has 1 aromatic heterocycles. The van der Waals surface area contributed by atoms with E-state index in [1.54, 1.807) is 29.9 Å². The van der Waals surface area contributed by atoms with Gasteiger partial charge in [-0.15, -0.1) is 0 Å². The molecule has 136 valence electrons. The lowest BCUT2D eigenvalue weighted by molar-refractivity contribution is -0.127. The highest BCUT2D eigenvalue weighted by Gasteiger charge is 2.16. The molecular formula is C17H21Cl2N3O3. The molecular weight excluding hydrogens is 365 g/mol. The fraction of sp³-hybridized carbons (Fsp3) is 0.412. The maximum absolute atomic E-state index is 12.2. The maximum Gasteiger partial charge on any atom is 0.254 e. The molecule has 0 aliphatic heterocycles. The molecule has 0 radical (unpaired) electrons. The summed E-state index contributed by atoms with van der Waals surface area (Å²) < 4.78 is 12.3. The molecule has 0 saturated heterocycles. The van der Waals surface area contributed by atoms with E-state index in [1.807, 2.05) is 19.1 Å². The first-order valence-electron chi connectivity index (χ1n) is 7.97. The van der Waals surface area contributed by atoms with Crippen LogP contribution < -0.4 is 5.32 Å². The molecule has 1 atom stereocenters. The Hall–Kier alpha value is -1.60. The minimum Gasteiger partial charge on any atom is -0.379 e. The zero-order chi connectivity index (χ0) is 18.2. The monoisotopic (exact) mass is 385 g/mol. The number of amides is 1. The van der Waals surface area contributed by atoms with Crippen LogP contribution in [0.2, 0.25) is 10.0 Å². The van der Waals surface area contributed by atoms with Gasteiger partial charge in [-0.05, 0) is 25.5 Å². The van der Waals surface area contributed by atoms with Gasteiger partial charge in [0.2, 0.25) is 0 Å². The third-order valence-corrected chi connectivity index (χ3v) is 4.35. The van der Waals surface area contributed by atoms with Crippen LogP contribution in [-0.2, 0) is 20.8 Å². The Morgan fingerprint density at radius 1 is 1.32 bits per heavy atom. The van der Waals surface area contributed by atoms with Crippen molar-refractivity contribution in [1.29, 1.82) is 0 Å². The van der Waals surface area contributed by atoms with E-state index in [0.29, 0.717) is 42.2 Å². The molecule has 1 unspecified atom stereocenters. The average Bonchev–Trinajstić information content (AvgIpc) is 3.02. The van der Waals surface area contributed by atoms with Gasteiger partial charge >= 0.3 is 0 Å². The molecule has 1 aromatic carbocycles. The van der Waals surface area contributed by atoms with Gasteiger partial charge in [0.25, 0.3) is 5.91 Å². The second-order valence-corrected chi connectivity index (χ2v) is 6.07. The Balaban J connectivity index is 1.97. The van der Waals surface area contributed by atoms with Crippen LogP contribution >= 0.6 is 23.2 Å². The van der Waals surface area contributed by atoms with Gasteiger partial charge in [0.15, 0.2) is 0 Å². The Morgan fingerprint density at radius 2 is 2.12 bits per heavy atom. The number of nitrogens with one attached hydrogen (secondary N) is 1. The molecule has 1 amide bonds. The lowest BCUT2D eigenvalue weighted by Crippen LogP contribution is -2.30. The molecule has 25 heavy (non-hydrogen) atoms. The van der Waals surface area contributed by atoms with E-state index in [4.69, 9.17) is 32.7 Å². The molecule has 0 aliphatic carbocycles. The summed E-state index contributed by atoms with van der Waals surface area (Å²) >= 11 is 12.2. The number of carbonyl (C=O) groups is 1. The number of anilines is 1. The summed E-state index contributed by atoms with van der Waals surface area (Å²) in [4.78, 5) is 12.2. The van der Waals surface area contributed by atoms with Crippen molar-refractivity contribution in [1.82, 2.24) is 9.78 Å². The van der Waals surface area contributed by atoms with Gasteiger partial charge in [-0.1, -0.05) is 35.3 Å². The summed E-state index contributed by atoms with van der Waals surface area (Å²) in [5.74, 6) is 0.303. The normalized spacial score (nSPS) is 12.2. The van der Waals surface area contributed by atoms with Crippen molar-refractivity contribution >= 4 is 34.9 Å². The molecule has 6 nitrogen and oxygen atoms in total. The van der Waals surface area contributed by atoms with Crippen LogP contribution in [0, 0.1) is 0 Å². The molecule has 0 saturated carbocycles. The number of halogens is 2. The van der Waals surface area contributed by atoms with Crippen molar-refractivity contribution in [3.8, 4) is 0 Å². The van der Waals surface area contributed by atoms with Gasteiger partial charge in [0, 0.05) is 12.7 Å². The number of ether oxygens (including phenoxy) is 2. The highest BCUT2D eigenvalue weighted by atomic mass is 35.5. The number of nitrogens with zero attached hydrogens (tertiary/aromatic N) is 2. The largest absolute Gasteiger partial charge is 0.379 e. The second kappa shape index (κ2) is 9.77. The molecule has 0 bridgehead atoms. The predicted octanol–water partition coefficient (Wildman–Crippen LogP) is 3.62. The van der Waals surface area contributed by atoms with Crippen molar-refractivity contribution in [2.24, 2.45) is 0 Å². The first-order chi connectivity index (χ1) is 12.0. The van der Waals surface area contributed by atoms with Crippen LogP contribution in [0.3, 0.4) is 0 Å². The van der Waals surface area contributed by atoms with E-state index in [-0.39, 0.29) is 5.91 Å². The number of rotatable bonds is 9. The van der Waals surface area contributed by atoms with E-state index in [0.717, 1.165) is 5.56 Å². The highest BCUT2D eigenvalue weighted by Crippen LogP contribution is 2.26. The van der Waals surface area contributed by atoms with Gasteiger partial charge in [-0.3, -0.25) is 4.79 Å². The molecule has 0 spiro atoms. The summed E-state index contributed by atoms with van der Waals surface area (Å²) in [7, 11) is 0. The third-order valence-electron chi connectivity index (χ3n) is 3.49. The number of hydrogen-bond acceptors (Lipinski definition) is 4. The zero-order valence-corrected chi connectivity index (χ0v) is 15.7. The summed E-state index contributed by atoms with van der Waals surface area (Å²) in [6, 6.07) is 7.12. The second-order valence-electron chi connectivity index (χ2n) is 5.29. The minimum absolute atomic E-state index is 0.254. The van der Waals surface area contributed by atoms with Crippen LogP contribution in [0.4, 0.5) is 5.82 Å². The zero-order valence-electron chi connectivity index (χ0n) is 14.2. The van der Waals surface area contributed by atoms with Crippen molar-refractivity contribution in [3.63, 3.8) is 0 Å². The van der Waals surface area contributed by atoms with E-state index in [1.165, 1.54) is 0 Å². The van der Waals surface area contributed by atoms with E-state index < -0.39 is 6.10 Å². The highest BCUT2D eigenvalue weighted by molar-refractivity contribution is 6.42. The van der Waals surface area contributed by atoms with Gasteiger partial charge in [-0.2, -0.15) is 5.10 Å². The topological polar surface area (TPSA) is 65.4 Å². The Labute approximate surface area is 157 Å². The smallest absolute Gasteiger partial charge is 0.254 e.